The zero-order valence-corrected chi connectivity index (χ0v) is 13.5. The molecule has 1 saturated heterocycles. The van der Waals surface area contributed by atoms with Crippen LogP contribution in [0.25, 0.3) is 0 Å². The topological polar surface area (TPSA) is 40.6 Å². The molecule has 2 amide bonds. The van der Waals surface area contributed by atoms with Gasteiger partial charge in [-0.05, 0) is 19.1 Å². The zero-order chi connectivity index (χ0) is 15.8. The van der Waals surface area contributed by atoms with Crippen LogP contribution in [-0.2, 0) is 4.79 Å². The molecule has 1 aliphatic heterocycles. The number of benzene rings is 1. The van der Waals surface area contributed by atoms with Crippen LogP contribution in [0.15, 0.2) is 30.3 Å². The number of amides is 2. The van der Waals surface area contributed by atoms with E-state index in [0.717, 1.165) is 0 Å². The van der Waals surface area contributed by atoms with Crippen LogP contribution in [0.1, 0.15) is 44.5 Å². The monoisotopic (exact) mass is 288 g/mol. The van der Waals surface area contributed by atoms with Gasteiger partial charge in [0.25, 0.3) is 5.91 Å². The first-order valence-corrected chi connectivity index (χ1v) is 7.37. The van der Waals surface area contributed by atoms with Crippen LogP contribution in [0.2, 0.25) is 0 Å². The third kappa shape index (κ3) is 2.94. The molecule has 1 aromatic carbocycles. The van der Waals surface area contributed by atoms with Crippen LogP contribution in [0.3, 0.4) is 0 Å². The van der Waals surface area contributed by atoms with Gasteiger partial charge in [0.05, 0.1) is 0 Å². The van der Waals surface area contributed by atoms with Crippen molar-refractivity contribution >= 4 is 11.8 Å². The average molecular weight is 288 g/mol. The minimum atomic E-state index is -0.235. The molecule has 0 bridgehead atoms. The standard InChI is InChI=1S/C17H24N2O2/c1-12-11-14(20)18(5)16(17(2,3)4)19(12)15(21)13-9-7-6-8-10-13/h6-10,12,16H,11H2,1-5H3/t12-,16+/m0/s1. The summed E-state index contributed by atoms with van der Waals surface area (Å²) in [5, 5.41) is 0. The Balaban J connectivity index is 2.42. The van der Waals surface area contributed by atoms with Gasteiger partial charge in [-0.25, -0.2) is 0 Å². The molecule has 0 unspecified atom stereocenters. The minimum absolute atomic E-state index is 0.0117. The van der Waals surface area contributed by atoms with Gasteiger partial charge in [0.15, 0.2) is 0 Å². The summed E-state index contributed by atoms with van der Waals surface area (Å²) in [6.07, 6.45) is 0.142. The molecule has 21 heavy (non-hydrogen) atoms. The molecule has 1 aromatic rings. The molecule has 0 N–H and O–H groups in total. The van der Waals surface area contributed by atoms with E-state index >= 15 is 0 Å². The van der Waals surface area contributed by atoms with E-state index in [1.165, 1.54) is 0 Å². The maximum absolute atomic E-state index is 12.9. The Morgan fingerprint density at radius 2 is 1.76 bits per heavy atom. The van der Waals surface area contributed by atoms with Crippen molar-refractivity contribution in [1.82, 2.24) is 9.80 Å². The Morgan fingerprint density at radius 1 is 1.19 bits per heavy atom. The first kappa shape index (κ1) is 15.5. The summed E-state index contributed by atoms with van der Waals surface area (Å²) in [6, 6.07) is 9.18. The normalized spacial score (nSPS) is 23.4. The summed E-state index contributed by atoms with van der Waals surface area (Å²) in [6.45, 7) is 8.13. The molecule has 1 heterocycles. The van der Waals surface area contributed by atoms with Crippen LogP contribution in [-0.4, -0.2) is 40.9 Å². The molecule has 4 heteroatoms. The Labute approximate surface area is 126 Å². The molecule has 114 valence electrons. The average Bonchev–Trinajstić information content (AvgIpc) is 2.41. The first-order chi connectivity index (χ1) is 9.73. The molecule has 0 saturated carbocycles. The molecule has 4 nitrogen and oxygen atoms in total. The third-order valence-corrected chi connectivity index (χ3v) is 4.00. The Kier molecular flexibility index (Phi) is 4.08. The van der Waals surface area contributed by atoms with E-state index in [4.69, 9.17) is 0 Å². The van der Waals surface area contributed by atoms with Gasteiger partial charge < -0.3 is 9.80 Å². The van der Waals surface area contributed by atoms with Crippen molar-refractivity contribution in [2.45, 2.75) is 46.3 Å². The fourth-order valence-electron chi connectivity index (χ4n) is 3.10. The van der Waals surface area contributed by atoms with Crippen LogP contribution in [0.5, 0.6) is 0 Å². The first-order valence-electron chi connectivity index (χ1n) is 7.37. The van der Waals surface area contributed by atoms with Crippen LogP contribution < -0.4 is 0 Å². The number of rotatable bonds is 1. The smallest absolute Gasteiger partial charge is 0.255 e. The Hall–Kier alpha value is -1.84. The van der Waals surface area contributed by atoms with Crippen molar-refractivity contribution in [3.63, 3.8) is 0 Å². The highest BCUT2D eigenvalue weighted by molar-refractivity contribution is 5.95. The SMILES string of the molecule is C[C@H]1CC(=O)N(C)[C@@H](C(C)(C)C)N1C(=O)c1ccccc1. The van der Waals surface area contributed by atoms with Gasteiger partial charge >= 0.3 is 0 Å². The predicted octanol–water partition coefficient (Wildman–Crippen LogP) is 2.75. The predicted molar refractivity (Wildman–Crippen MR) is 82.7 cm³/mol. The molecule has 1 aliphatic rings. The summed E-state index contributed by atoms with van der Waals surface area (Å²) >= 11 is 0. The summed E-state index contributed by atoms with van der Waals surface area (Å²) in [5.41, 5.74) is 0.463. The minimum Gasteiger partial charge on any atom is -0.325 e. The maximum Gasteiger partial charge on any atom is 0.255 e. The quantitative estimate of drug-likeness (QED) is 0.797. The van der Waals surface area contributed by atoms with E-state index in [9.17, 15) is 9.59 Å². The van der Waals surface area contributed by atoms with Crippen LogP contribution in [0, 0.1) is 5.41 Å². The number of hydrogen-bond acceptors (Lipinski definition) is 2. The summed E-state index contributed by atoms with van der Waals surface area (Å²) in [7, 11) is 1.79. The fraction of sp³-hybridized carbons (Fsp3) is 0.529. The van der Waals surface area contributed by atoms with Gasteiger partial charge in [-0.1, -0.05) is 39.0 Å². The van der Waals surface area contributed by atoms with Crippen molar-refractivity contribution in [2.24, 2.45) is 5.41 Å². The Bertz CT molecular complexity index is 533. The lowest BCUT2D eigenvalue weighted by Gasteiger charge is -2.51. The van der Waals surface area contributed by atoms with Crippen molar-refractivity contribution in [2.75, 3.05) is 7.05 Å². The van der Waals surface area contributed by atoms with Gasteiger partial charge in [-0.3, -0.25) is 9.59 Å². The van der Waals surface area contributed by atoms with Crippen molar-refractivity contribution in [3.8, 4) is 0 Å². The molecule has 1 fully saturated rings. The molecular weight excluding hydrogens is 264 g/mol. The van der Waals surface area contributed by atoms with Crippen molar-refractivity contribution < 1.29 is 9.59 Å². The van der Waals surface area contributed by atoms with E-state index in [2.05, 4.69) is 20.8 Å². The zero-order valence-electron chi connectivity index (χ0n) is 13.5. The summed E-state index contributed by atoms with van der Waals surface area (Å²) in [4.78, 5) is 28.6. The molecule has 0 spiro atoms. The van der Waals surface area contributed by atoms with E-state index in [1.807, 2.05) is 42.2 Å². The number of carbonyl (C=O) groups is 2. The lowest BCUT2D eigenvalue weighted by Crippen LogP contribution is -2.64. The lowest BCUT2D eigenvalue weighted by molar-refractivity contribution is -0.149. The van der Waals surface area contributed by atoms with Gasteiger partial charge in [0, 0.05) is 30.5 Å². The summed E-state index contributed by atoms with van der Waals surface area (Å²) in [5.74, 6) is 0.0851. The molecule has 0 aliphatic carbocycles. The molecule has 2 rings (SSSR count). The Morgan fingerprint density at radius 3 is 2.29 bits per heavy atom. The molecule has 2 atom stereocenters. The number of nitrogens with zero attached hydrogens (tertiary/aromatic N) is 2. The third-order valence-electron chi connectivity index (χ3n) is 4.00. The second kappa shape index (κ2) is 5.51. The highest BCUT2D eigenvalue weighted by atomic mass is 16.2. The molecule has 0 radical (unpaired) electrons. The maximum atomic E-state index is 12.9. The van der Waals surface area contributed by atoms with Gasteiger partial charge in [0.2, 0.25) is 5.91 Å². The highest BCUT2D eigenvalue weighted by Crippen LogP contribution is 2.33. The lowest BCUT2D eigenvalue weighted by atomic mass is 9.86. The molecule has 0 aromatic heterocycles. The largest absolute Gasteiger partial charge is 0.325 e. The van der Waals surface area contributed by atoms with Gasteiger partial charge in [-0.15, -0.1) is 0 Å². The molecular formula is C17H24N2O2. The highest BCUT2D eigenvalue weighted by Gasteiger charge is 2.44. The van der Waals surface area contributed by atoms with Crippen LogP contribution in [0.4, 0.5) is 0 Å². The van der Waals surface area contributed by atoms with Crippen molar-refractivity contribution in [1.29, 1.82) is 0 Å². The fourth-order valence-corrected chi connectivity index (χ4v) is 3.10. The van der Waals surface area contributed by atoms with Crippen molar-refractivity contribution in [3.05, 3.63) is 35.9 Å². The van der Waals surface area contributed by atoms with E-state index < -0.39 is 0 Å². The van der Waals surface area contributed by atoms with E-state index in [1.54, 1.807) is 11.9 Å². The number of hydrogen-bond donors (Lipinski definition) is 0. The summed E-state index contributed by atoms with van der Waals surface area (Å²) < 4.78 is 0. The number of carbonyl (C=O) groups excluding carboxylic acids is 2. The second-order valence-electron chi connectivity index (χ2n) is 6.88. The second-order valence-corrected chi connectivity index (χ2v) is 6.88. The van der Waals surface area contributed by atoms with E-state index in [-0.39, 0.29) is 29.4 Å². The van der Waals surface area contributed by atoms with Crippen LogP contribution >= 0.6 is 0 Å². The van der Waals surface area contributed by atoms with Gasteiger partial charge in [-0.2, -0.15) is 0 Å². The van der Waals surface area contributed by atoms with Gasteiger partial charge in [0.1, 0.15) is 6.17 Å². The van der Waals surface area contributed by atoms with E-state index in [0.29, 0.717) is 12.0 Å².